The molecule has 0 spiro atoms. The van der Waals surface area contributed by atoms with Gasteiger partial charge in [-0.05, 0) is 24.6 Å². The average Bonchev–Trinajstić information content (AvgIpc) is 2.90. The minimum atomic E-state index is -1.19. The van der Waals surface area contributed by atoms with Crippen molar-refractivity contribution in [3.05, 3.63) is 70.7 Å². The first-order valence-electron chi connectivity index (χ1n) is 7.60. The Morgan fingerprint density at radius 1 is 1.17 bits per heavy atom. The molecule has 3 aromatic rings. The van der Waals surface area contributed by atoms with Gasteiger partial charge in [0.2, 0.25) is 5.91 Å². The van der Waals surface area contributed by atoms with Crippen molar-refractivity contribution < 1.29 is 14.3 Å². The monoisotopic (exact) mass is 326 g/mol. The molecule has 6 heteroatoms. The molecule has 0 aliphatic carbocycles. The van der Waals surface area contributed by atoms with Gasteiger partial charge >= 0.3 is 5.76 Å². The highest BCUT2D eigenvalue weighted by Crippen LogP contribution is 2.19. The van der Waals surface area contributed by atoms with Gasteiger partial charge in [0.1, 0.15) is 12.1 Å². The molecule has 3 rings (SSSR count). The van der Waals surface area contributed by atoms with E-state index in [9.17, 15) is 14.7 Å². The molecule has 0 bridgehead atoms. The van der Waals surface area contributed by atoms with Crippen molar-refractivity contribution >= 4 is 17.0 Å². The number of hydrogen-bond donors (Lipinski definition) is 2. The Bertz CT molecular complexity index is 909. The molecule has 24 heavy (non-hydrogen) atoms. The first kappa shape index (κ1) is 16.0. The summed E-state index contributed by atoms with van der Waals surface area (Å²) >= 11 is 0. The molecule has 1 amide bonds. The Balaban J connectivity index is 1.70. The van der Waals surface area contributed by atoms with Crippen molar-refractivity contribution in [3.63, 3.8) is 0 Å². The van der Waals surface area contributed by atoms with Crippen molar-refractivity contribution in [1.29, 1.82) is 0 Å². The Hall–Kier alpha value is -2.86. The van der Waals surface area contributed by atoms with Gasteiger partial charge in [-0.15, -0.1) is 0 Å². The number of aliphatic hydroxyl groups is 1. The highest BCUT2D eigenvalue weighted by Gasteiger charge is 2.23. The second kappa shape index (κ2) is 6.33. The molecule has 6 nitrogen and oxygen atoms in total. The number of fused-ring (bicyclic) bond motifs is 1. The van der Waals surface area contributed by atoms with Crippen LogP contribution in [0.5, 0.6) is 0 Å². The number of amides is 1. The number of carbonyl (C=O) groups excluding carboxylic acids is 1. The quantitative estimate of drug-likeness (QED) is 0.746. The van der Waals surface area contributed by atoms with Gasteiger partial charge in [-0.3, -0.25) is 9.36 Å². The van der Waals surface area contributed by atoms with Crippen LogP contribution in [0.15, 0.2) is 63.8 Å². The molecular formula is C18H18N2O4. The third kappa shape index (κ3) is 3.23. The largest absolute Gasteiger partial charge is 0.420 e. The van der Waals surface area contributed by atoms with Crippen molar-refractivity contribution in [2.75, 3.05) is 6.54 Å². The number of carbonyl (C=O) groups is 1. The molecule has 1 aromatic heterocycles. The lowest BCUT2D eigenvalue weighted by Gasteiger charge is -2.24. The van der Waals surface area contributed by atoms with Crippen molar-refractivity contribution in [2.45, 2.75) is 19.1 Å². The predicted octanol–water partition coefficient (Wildman–Crippen LogP) is 1.62. The van der Waals surface area contributed by atoms with Gasteiger partial charge in [0.05, 0.1) is 12.1 Å². The summed E-state index contributed by atoms with van der Waals surface area (Å²) in [5.74, 6) is -0.957. The highest BCUT2D eigenvalue weighted by molar-refractivity contribution is 5.79. The maximum absolute atomic E-state index is 12.2. The predicted molar refractivity (Wildman–Crippen MR) is 89.5 cm³/mol. The normalized spacial score (nSPS) is 13.6. The summed E-state index contributed by atoms with van der Waals surface area (Å²) < 4.78 is 6.36. The van der Waals surface area contributed by atoms with E-state index >= 15 is 0 Å². The molecule has 1 heterocycles. The molecule has 0 fully saturated rings. The maximum atomic E-state index is 12.2. The number of para-hydroxylation sites is 2. The second-order valence-corrected chi connectivity index (χ2v) is 5.84. The lowest BCUT2D eigenvalue weighted by Crippen LogP contribution is -2.40. The van der Waals surface area contributed by atoms with Crippen molar-refractivity contribution in [3.8, 4) is 0 Å². The standard InChI is InChI=1S/C18H18N2O4/c1-18(23,13-7-3-2-4-8-13)12-19-16(21)11-20-14-9-5-6-10-15(14)24-17(20)22/h2-10,23H,11-12H2,1H3,(H,19,21). The summed E-state index contributed by atoms with van der Waals surface area (Å²) in [4.78, 5) is 24.0. The molecule has 2 aromatic carbocycles. The summed E-state index contributed by atoms with van der Waals surface area (Å²) in [6.07, 6.45) is 0. The van der Waals surface area contributed by atoms with Gasteiger partial charge < -0.3 is 14.8 Å². The van der Waals surface area contributed by atoms with Crippen LogP contribution in [0.1, 0.15) is 12.5 Å². The minimum absolute atomic E-state index is 0.0420. The van der Waals surface area contributed by atoms with Crippen LogP contribution in [-0.4, -0.2) is 22.1 Å². The number of rotatable bonds is 5. The van der Waals surface area contributed by atoms with Gasteiger partial charge in [0.25, 0.3) is 0 Å². The zero-order chi connectivity index (χ0) is 17.2. The van der Waals surface area contributed by atoms with Crippen LogP contribution in [0.4, 0.5) is 0 Å². The zero-order valence-electron chi connectivity index (χ0n) is 13.2. The Morgan fingerprint density at radius 3 is 2.58 bits per heavy atom. The van der Waals surface area contributed by atoms with Crippen LogP contribution in [0.25, 0.3) is 11.1 Å². The Kier molecular flexibility index (Phi) is 4.22. The first-order valence-corrected chi connectivity index (χ1v) is 7.60. The van der Waals surface area contributed by atoms with Crippen LogP contribution in [0, 0.1) is 0 Å². The van der Waals surface area contributed by atoms with Gasteiger partial charge in [0, 0.05) is 0 Å². The van der Waals surface area contributed by atoms with E-state index in [4.69, 9.17) is 4.42 Å². The summed E-state index contributed by atoms with van der Waals surface area (Å²) in [5, 5.41) is 13.1. The molecule has 124 valence electrons. The molecule has 0 saturated heterocycles. The number of nitrogens with one attached hydrogen (secondary N) is 1. The van der Waals surface area contributed by atoms with E-state index in [0.29, 0.717) is 16.7 Å². The summed E-state index contributed by atoms with van der Waals surface area (Å²) in [6, 6.07) is 16.0. The van der Waals surface area contributed by atoms with Crippen molar-refractivity contribution in [1.82, 2.24) is 9.88 Å². The molecular weight excluding hydrogens is 308 g/mol. The fraction of sp³-hybridized carbons (Fsp3) is 0.222. The van der Waals surface area contributed by atoms with Gasteiger partial charge in [-0.1, -0.05) is 42.5 Å². The molecule has 1 unspecified atom stereocenters. The third-order valence-electron chi connectivity index (χ3n) is 3.90. The Labute approximate surface area is 138 Å². The van der Waals surface area contributed by atoms with E-state index in [2.05, 4.69) is 5.32 Å². The van der Waals surface area contributed by atoms with Crippen LogP contribution in [0.3, 0.4) is 0 Å². The fourth-order valence-electron chi connectivity index (χ4n) is 2.53. The molecule has 1 atom stereocenters. The van der Waals surface area contributed by atoms with Crippen LogP contribution in [-0.2, 0) is 16.9 Å². The molecule has 0 aliphatic heterocycles. The maximum Gasteiger partial charge on any atom is 0.420 e. The smallest absolute Gasteiger partial charge is 0.408 e. The molecule has 0 saturated carbocycles. The SMILES string of the molecule is CC(O)(CNC(=O)Cn1c(=O)oc2ccccc21)c1ccccc1. The first-order chi connectivity index (χ1) is 11.5. The van der Waals surface area contributed by atoms with Crippen LogP contribution < -0.4 is 11.1 Å². The molecule has 2 N–H and O–H groups in total. The topological polar surface area (TPSA) is 84.5 Å². The van der Waals surface area contributed by atoms with Crippen LogP contribution in [0.2, 0.25) is 0 Å². The van der Waals surface area contributed by atoms with E-state index in [1.54, 1.807) is 43.3 Å². The lowest BCUT2D eigenvalue weighted by molar-refractivity contribution is -0.122. The van der Waals surface area contributed by atoms with Crippen LogP contribution >= 0.6 is 0 Å². The highest BCUT2D eigenvalue weighted by atomic mass is 16.4. The second-order valence-electron chi connectivity index (χ2n) is 5.84. The lowest BCUT2D eigenvalue weighted by atomic mass is 9.96. The summed E-state index contributed by atoms with van der Waals surface area (Å²) in [5.41, 5.74) is 0.510. The van der Waals surface area contributed by atoms with E-state index < -0.39 is 11.4 Å². The molecule has 0 radical (unpaired) electrons. The zero-order valence-corrected chi connectivity index (χ0v) is 13.2. The van der Waals surface area contributed by atoms with Crippen molar-refractivity contribution in [2.24, 2.45) is 0 Å². The number of benzene rings is 2. The third-order valence-corrected chi connectivity index (χ3v) is 3.90. The fourth-order valence-corrected chi connectivity index (χ4v) is 2.53. The number of oxazole rings is 1. The molecule has 0 aliphatic rings. The van der Waals surface area contributed by atoms with E-state index in [0.717, 1.165) is 0 Å². The summed E-state index contributed by atoms with van der Waals surface area (Å²) in [7, 11) is 0. The van der Waals surface area contributed by atoms with E-state index in [1.165, 1.54) is 4.57 Å². The Morgan fingerprint density at radius 2 is 1.83 bits per heavy atom. The van der Waals surface area contributed by atoms with E-state index in [1.807, 2.05) is 18.2 Å². The number of hydrogen-bond acceptors (Lipinski definition) is 4. The van der Waals surface area contributed by atoms with Gasteiger partial charge in [-0.2, -0.15) is 0 Å². The minimum Gasteiger partial charge on any atom is -0.408 e. The average molecular weight is 326 g/mol. The van der Waals surface area contributed by atoms with Gasteiger partial charge in [0.15, 0.2) is 5.58 Å². The van der Waals surface area contributed by atoms with E-state index in [-0.39, 0.29) is 19.0 Å². The van der Waals surface area contributed by atoms with Gasteiger partial charge in [-0.25, -0.2) is 4.79 Å². The number of nitrogens with zero attached hydrogens (tertiary/aromatic N) is 1. The summed E-state index contributed by atoms with van der Waals surface area (Å²) in [6.45, 7) is 1.50. The number of aromatic nitrogens is 1.